The summed E-state index contributed by atoms with van der Waals surface area (Å²) in [6, 6.07) is 43.4. The Morgan fingerprint density at radius 2 is 1.11 bits per heavy atom. The van der Waals surface area contributed by atoms with Gasteiger partial charge >= 0.3 is 0 Å². The summed E-state index contributed by atoms with van der Waals surface area (Å²) < 4.78 is 7.30. The summed E-state index contributed by atoms with van der Waals surface area (Å²) in [4.78, 5) is 9.92. The largest absolute Gasteiger partial charge is 0.455 e. The van der Waals surface area contributed by atoms with Gasteiger partial charge in [0.05, 0.1) is 11.4 Å². The fourth-order valence-corrected chi connectivity index (χ4v) is 5.14. The van der Waals surface area contributed by atoms with Gasteiger partial charge in [-0.3, -0.25) is 0 Å². The van der Waals surface area contributed by atoms with Gasteiger partial charge in [0.2, 0.25) is 0 Å². The summed E-state index contributed by atoms with van der Waals surface area (Å²) in [5, 5.41) is 2.26. The highest BCUT2D eigenvalue weighted by atomic mass is 79.9. The first-order valence-electron chi connectivity index (χ1n) is 12.4. The molecule has 0 N–H and O–H groups in total. The van der Waals surface area contributed by atoms with Gasteiger partial charge in [0.1, 0.15) is 11.2 Å². The molecule has 0 aliphatic rings. The van der Waals surface area contributed by atoms with E-state index in [1.165, 1.54) is 0 Å². The molecule has 0 aliphatic carbocycles. The molecule has 0 atom stereocenters. The number of halogens is 1. The van der Waals surface area contributed by atoms with Crippen LogP contribution < -0.4 is 0 Å². The Hall–Kier alpha value is -4.54. The number of fused-ring (bicyclic) bond motifs is 3. The highest BCUT2D eigenvalue weighted by molar-refractivity contribution is 9.10. The normalized spacial score (nSPS) is 11.3. The van der Waals surface area contributed by atoms with Crippen molar-refractivity contribution in [1.29, 1.82) is 0 Å². The Kier molecular flexibility index (Phi) is 5.60. The maximum absolute atomic E-state index is 6.26. The molecule has 7 aromatic rings. The third kappa shape index (κ3) is 4.09. The molecule has 0 radical (unpaired) electrons. The quantitative estimate of drug-likeness (QED) is 0.218. The first-order chi connectivity index (χ1) is 18.7. The SMILES string of the molecule is Brc1ccc(-c2cc(-c3ccccc3)nc(-c3ccc(-c4cccc5c4oc4ccccc45)cc3)n2)cc1. The maximum atomic E-state index is 6.26. The van der Waals surface area contributed by atoms with E-state index < -0.39 is 0 Å². The molecule has 0 aliphatic heterocycles. The van der Waals surface area contributed by atoms with Gasteiger partial charge in [-0.2, -0.15) is 0 Å². The summed E-state index contributed by atoms with van der Waals surface area (Å²) in [7, 11) is 0. The van der Waals surface area contributed by atoms with Gasteiger partial charge in [-0.15, -0.1) is 0 Å². The van der Waals surface area contributed by atoms with Crippen molar-refractivity contribution in [3.63, 3.8) is 0 Å². The van der Waals surface area contributed by atoms with Gasteiger partial charge in [-0.05, 0) is 29.8 Å². The van der Waals surface area contributed by atoms with Crippen LogP contribution >= 0.6 is 15.9 Å². The molecule has 2 heterocycles. The molecule has 0 bridgehead atoms. The average Bonchev–Trinajstić information content (AvgIpc) is 3.37. The minimum absolute atomic E-state index is 0.692. The Morgan fingerprint density at radius 1 is 0.500 bits per heavy atom. The van der Waals surface area contributed by atoms with Crippen LogP contribution in [0, 0.1) is 0 Å². The van der Waals surface area contributed by atoms with Crippen molar-refractivity contribution in [2.24, 2.45) is 0 Å². The first kappa shape index (κ1) is 22.6. The van der Waals surface area contributed by atoms with E-state index in [4.69, 9.17) is 14.4 Å². The highest BCUT2D eigenvalue weighted by Crippen LogP contribution is 2.36. The maximum Gasteiger partial charge on any atom is 0.160 e. The Labute approximate surface area is 228 Å². The second-order valence-corrected chi connectivity index (χ2v) is 10.1. The van der Waals surface area contributed by atoms with Crippen LogP contribution in [-0.4, -0.2) is 9.97 Å². The zero-order valence-electron chi connectivity index (χ0n) is 20.3. The summed E-state index contributed by atoms with van der Waals surface area (Å²) in [6.45, 7) is 0. The van der Waals surface area contributed by atoms with Crippen molar-refractivity contribution in [1.82, 2.24) is 9.97 Å². The Balaban J connectivity index is 1.33. The standard InChI is InChI=1S/C34H21BrN2O/c35-26-19-17-24(18-20-26)31-21-30(23-7-2-1-3-8-23)36-34(37-31)25-15-13-22(14-16-25)27-10-6-11-29-28-9-4-5-12-32(28)38-33(27)29/h1-21H. The Morgan fingerprint density at radius 3 is 1.87 bits per heavy atom. The third-order valence-electron chi connectivity index (χ3n) is 6.79. The second-order valence-electron chi connectivity index (χ2n) is 9.19. The zero-order valence-corrected chi connectivity index (χ0v) is 21.9. The van der Waals surface area contributed by atoms with E-state index in [-0.39, 0.29) is 0 Å². The van der Waals surface area contributed by atoms with E-state index >= 15 is 0 Å². The van der Waals surface area contributed by atoms with Gasteiger partial charge < -0.3 is 4.42 Å². The van der Waals surface area contributed by atoms with E-state index in [0.29, 0.717) is 5.82 Å². The highest BCUT2D eigenvalue weighted by Gasteiger charge is 2.14. The summed E-state index contributed by atoms with van der Waals surface area (Å²) >= 11 is 3.53. The van der Waals surface area contributed by atoms with E-state index in [2.05, 4.69) is 94.8 Å². The zero-order chi connectivity index (χ0) is 25.5. The van der Waals surface area contributed by atoms with Gasteiger partial charge in [-0.25, -0.2) is 9.97 Å². The average molecular weight is 553 g/mol. The molecule has 0 spiro atoms. The predicted molar refractivity (Wildman–Crippen MR) is 159 cm³/mol. The summed E-state index contributed by atoms with van der Waals surface area (Å²) in [5.74, 6) is 0.692. The second kappa shape index (κ2) is 9.40. The lowest BCUT2D eigenvalue weighted by Crippen LogP contribution is -1.96. The number of hydrogen-bond acceptors (Lipinski definition) is 3. The van der Waals surface area contributed by atoms with Gasteiger partial charge in [0, 0.05) is 37.5 Å². The number of nitrogens with zero attached hydrogens (tertiary/aromatic N) is 2. The number of hydrogen-bond donors (Lipinski definition) is 0. The van der Waals surface area contributed by atoms with Crippen molar-refractivity contribution in [3.8, 4) is 45.0 Å². The van der Waals surface area contributed by atoms with Crippen LogP contribution in [0.5, 0.6) is 0 Å². The van der Waals surface area contributed by atoms with Crippen LogP contribution in [-0.2, 0) is 0 Å². The van der Waals surface area contributed by atoms with E-state index in [1.807, 2.05) is 48.5 Å². The molecular formula is C34H21BrN2O. The van der Waals surface area contributed by atoms with E-state index in [0.717, 1.165) is 65.6 Å². The number of para-hydroxylation sites is 2. The molecular weight excluding hydrogens is 532 g/mol. The molecule has 180 valence electrons. The first-order valence-corrected chi connectivity index (χ1v) is 13.2. The predicted octanol–water partition coefficient (Wildman–Crippen LogP) is 9.81. The lowest BCUT2D eigenvalue weighted by Gasteiger charge is -2.10. The van der Waals surface area contributed by atoms with Gasteiger partial charge in [-0.1, -0.05) is 119 Å². The molecule has 0 amide bonds. The molecule has 5 aromatic carbocycles. The van der Waals surface area contributed by atoms with Crippen LogP contribution in [0.1, 0.15) is 0 Å². The van der Waals surface area contributed by atoms with Crippen LogP contribution in [0.15, 0.2) is 136 Å². The monoisotopic (exact) mass is 552 g/mol. The van der Waals surface area contributed by atoms with Crippen molar-refractivity contribution >= 4 is 37.9 Å². The molecule has 38 heavy (non-hydrogen) atoms. The molecule has 4 heteroatoms. The van der Waals surface area contributed by atoms with E-state index in [1.54, 1.807) is 0 Å². The molecule has 0 fully saturated rings. The van der Waals surface area contributed by atoms with Crippen LogP contribution in [0.4, 0.5) is 0 Å². The fraction of sp³-hybridized carbons (Fsp3) is 0. The fourth-order valence-electron chi connectivity index (χ4n) is 4.88. The minimum atomic E-state index is 0.692. The Bertz CT molecular complexity index is 1910. The smallest absolute Gasteiger partial charge is 0.160 e. The molecule has 7 rings (SSSR count). The third-order valence-corrected chi connectivity index (χ3v) is 7.32. The molecule has 3 nitrogen and oxygen atoms in total. The van der Waals surface area contributed by atoms with Crippen LogP contribution in [0.3, 0.4) is 0 Å². The minimum Gasteiger partial charge on any atom is -0.455 e. The lowest BCUT2D eigenvalue weighted by atomic mass is 10.0. The number of rotatable bonds is 4. The van der Waals surface area contributed by atoms with Crippen molar-refractivity contribution in [2.75, 3.05) is 0 Å². The van der Waals surface area contributed by atoms with Crippen molar-refractivity contribution < 1.29 is 4.42 Å². The topological polar surface area (TPSA) is 38.9 Å². The molecule has 2 aromatic heterocycles. The summed E-state index contributed by atoms with van der Waals surface area (Å²) in [6.07, 6.45) is 0. The van der Waals surface area contributed by atoms with E-state index in [9.17, 15) is 0 Å². The van der Waals surface area contributed by atoms with Crippen LogP contribution in [0.25, 0.3) is 67.0 Å². The summed E-state index contributed by atoms with van der Waals surface area (Å²) in [5.41, 5.74) is 8.80. The van der Waals surface area contributed by atoms with Crippen molar-refractivity contribution in [2.45, 2.75) is 0 Å². The van der Waals surface area contributed by atoms with Gasteiger partial charge in [0.25, 0.3) is 0 Å². The number of furan rings is 1. The molecule has 0 saturated carbocycles. The molecule has 0 saturated heterocycles. The van der Waals surface area contributed by atoms with Gasteiger partial charge in [0.15, 0.2) is 5.82 Å². The van der Waals surface area contributed by atoms with Crippen LogP contribution in [0.2, 0.25) is 0 Å². The molecule has 0 unspecified atom stereocenters. The van der Waals surface area contributed by atoms with Crippen molar-refractivity contribution in [3.05, 3.63) is 132 Å². The number of benzene rings is 5. The lowest BCUT2D eigenvalue weighted by molar-refractivity contribution is 0.670. The number of aromatic nitrogens is 2.